The molecule has 0 saturated carbocycles. The van der Waals surface area contributed by atoms with Crippen LogP contribution in [0.2, 0.25) is 0 Å². The van der Waals surface area contributed by atoms with Gasteiger partial charge in [-0.25, -0.2) is 0 Å². The molecule has 0 bridgehead atoms. The van der Waals surface area contributed by atoms with Crippen LogP contribution in [0.15, 0.2) is 29.2 Å². The van der Waals surface area contributed by atoms with Crippen molar-refractivity contribution in [2.75, 3.05) is 19.3 Å². The predicted octanol–water partition coefficient (Wildman–Crippen LogP) is 2.65. The van der Waals surface area contributed by atoms with Crippen molar-refractivity contribution < 1.29 is 4.79 Å². The summed E-state index contributed by atoms with van der Waals surface area (Å²) in [7, 11) is 0. The van der Waals surface area contributed by atoms with Crippen LogP contribution in [0.1, 0.15) is 24.2 Å². The van der Waals surface area contributed by atoms with Crippen LogP contribution >= 0.6 is 24.2 Å². The van der Waals surface area contributed by atoms with Crippen LogP contribution in [0.4, 0.5) is 0 Å². The van der Waals surface area contributed by atoms with Crippen molar-refractivity contribution in [2.45, 2.75) is 30.8 Å². The molecule has 1 amide bonds. The fourth-order valence-corrected chi connectivity index (χ4v) is 2.91. The van der Waals surface area contributed by atoms with Gasteiger partial charge < -0.3 is 10.2 Å². The first-order chi connectivity index (χ1) is 8.65. The Morgan fingerprint density at radius 1 is 1.37 bits per heavy atom. The lowest BCUT2D eigenvalue weighted by Gasteiger charge is -2.38. The Morgan fingerprint density at radius 3 is 2.74 bits per heavy atom. The number of amides is 1. The van der Waals surface area contributed by atoms with E-state index in [9.17, 15) is 4.79 Å². The van der Waals surface area contributed by atoms with Crippen molar-refractivity contribution in [3.63, 3.8) is 0 Å². The van der Waals surface area contributed by atoms with E-state index in [1.807, 2.05) is 35.4 Å². The zero-order valence-corrected chi connectivity index (χ0v) is 13.2. The monoisotopic (exact) mass is 300 g/mol. The van der Waals surface area contributed by atoms with E-state index in [1.165, 1.54) is 0 Å². The molecule has 2 unspecified atom stereocenters. The minimum Gasteiger partial charge on any atom is -0.333 e. The van der Waals surface area contributed by atoms with Gasteiger partial charge in [0.05, 0.1) is 5.56 Å². The molecule has 0 aliphatic carbocycles. The van der Waals surface area contributed by atoms with Gasteiger partial charge in [-0.05, 0) is 32.2 Å². The number of nitrogens with zero attached hydrogens (tertiary/aromatic N) is 1. The van der Waals surface area contributed by atoms with Gasteiger partial charge in [0.25, 0.3) is 5.91 Å². The van der Waals surface area contributed by atoms with Crippen LogP contribution in [-0.2, 0) is 0 Å². The number of carbonyl (C=O) groups excluding carboxylic acids is 1. The lowest BCUT2D eigenvalue weighted by molar-refractivity contribution is 0.0599. The molecule has 3 nitrogen and oxygen atoms in total. The fraction of sp³-hybridized carbons (Fsp3) is 0.500. The maximum atomic E-state index is 12.6. The second-order valence-electron chi connectivity index (χ2n) is 4.68. The van der Waals surface area contributed by atoms with Gasteiger partial charge in [-0.3, -0.25) is 4.79 Å². The van der Waals surface area contributed by atoms with Crippen LogP contribution in [0, 0.1) is 0 Å². The van der Waals surface area contributed by atoms with E-state index in [4.69, 9.17) is 0 Å². The van der Waals surface area contributed by atoms with Crippen LogP contribution in [0.5, 0.6) is 0 Å². The first-order valence-electron chi connectivity index (χ1n) is 6.32. The highest BCUT2D eigenvalue weighted by Crippen LogP contribution is 2.23. The number of benzene rings is 1. The minimum absolute atomic E-state index is 0. The molecule has 1 aliphatic heterocycles. The number of piperazine rings is 1. The third-order valence-corrected chi connectivity index (χ3v) is 4.43. The molecule has 2 atom stereocenters. The number of carbonyl (C=O) groups is 1. The summed E-state index contributed by atoms with van der Waals surface area (Å²) in [6.45, 7) is 5.90. The number of hydrogen-bond donors (Lipinski definition) is 1. The van der Waals surface area contributed by atoms with Crippen molar-refractivity contribution in [2.24, 2.45) is 0 Å². The maximum Gasteiger partial charge on any atom is 0.255 e. The lowest BCUT2D eigenvalue weighted by atomic mass is 10.1. The third-order valence-electron chi connectivity index (χ3n) is 3.63. The molecule has 0 spiro atoms. The average molecular weight is 301 g/mol. The Balaban J connectivity index is 0.00000180. The summed E-state index contributed by atoms with van der Waals surface area (Å²) in [5.41, 5.74) is 0.825. The Morgan fingerprint density at radius 2 is 2.05 bits per heavy atom. The average Bonchev–Trinajstić information content (AvgIpc) is 2.41. The molecule has 0 aromatic heterocycles. The molecule has 0 radical (unpaired) electrons. The van der Waals surface area contributed by atoms with Crippen LogP contribution in [0.25, 0.3) is 0 Å². The van der Waals surface area contributed by atoms with Crippen molar-refractivity contribution >= 4 is 30.1 Å². The second-order valence-corrected chi connectivity index (χ2v) is 5.53. The van der Waals surface area contributed by atoms with E-state index in [-0.39, 0.29) is 24.4 Å². The highest BCUT2D eigenvalue weighted by molar-refractivity contribution is 7.98. The van der Waals surface area contributed by atoms with E-state index >= 15 is 0 Å². The van der Waals surface area contributed by atoms with Crippen LogP contribution in [0.3, 0.4) is 0 Å². The quantitative estimate of drug-likeness (QED) is 0.852. The standard InChI is InChI=1S/C14H20N2OS.ClH/c1-10-11(2)16(9-8-15-10)14(17)12-6-4-5-7-13(12)18-3;/h4-7,10-11,15H,8-9H2,1-3H3;1H. The fourth-order valence-electron chi connectivity index (χ4n) is 2.32. The molecule has 1 aliphatic rings. The van der Waals surface area contributed by atoms with Gasteiger partial charge in [0.1, 0.15) is 0 Å². The predicted molar refractivity (Wildman–Crippen MR) is 83.4 cm³/mol. The topological polar surface area (TPSA) is 32.3 Å². The van der Waals surface area contributed by atoms with Crippen LogP contribution < -0.4 is 5.32 Å². The van der Waals surface area contributed by atoms with E-state index < -0.39 is 0 Å². The van der Waals surface area contributed by atoms with Crippen molar-refractivity contribution in [3.8, 4) is 0 Å². The van der Waals surface area contributed by atoms with E-state index in [1.54, 1.807) is 11.8 Å². The molecule has 19 heavy (non-hydrogen) atoms. The molecular formula is C14H21ClN2OS. The number of nitrogens with one attached hydrogen (secondary N) is 1. The maximum absolute atomic E-state index is 12.6. The van der Waals surface area contributed by atoms with Gasteiger partial charge in [0, 0.05) is 30.1 Å². The summed E-state index contributed by atoms with van der Waals surface area (Å²) < 4.78 is 0. The molecule has 1 aromatic rings. The van der Waals surface area contributed by atoms with Gasteiger partial charge in [-0.2, -0.15) is 0 Å². The Kier molecular flexibility index (Phi) is 6.17. The first kappa shape index (κ1) is 16.3. The molecule has 1 N–H and O–H groups in total. The Bertz CT molecular complexity index is 441. The van der Waals surface area contributed by atoms with Crippen LogP contribution in [-0.4, -0.2) is 42.2 Å². The Labute approximate surface area is 125 Å². The summed E-state index contributed by atoms with van der Waals surface area (Å²) in [6, 6.07) is 8.43. The highest BCUT2D eigenvalue weighted by Gasteiger charge is 2.29. The molecule has 2 rings (SSSR count). The highest BCUT2D eigenvalue weighted by atomic mass is 35.5. The molecular weight excluding hydrogens is 280 g/mol. The normalized spacial score (nSPS) is 22.8. The van der Waals surface area contributed by atoms with Gasteiger partial charge >= 0.3 is 0 Å². The van der Waals surface area contributed by atoms with Gasteiger partial charge in [-0.15, -0.1) is 24.2 Å². The van der Waals surface area contributed by atoms with Crippen molar-refractivity contribution in [1.29, 1.82) is 0 Å². The molecule has 1 heterocycles. The molecule has 106 valence electrons. The van der Waals surface area contributed by atoms with E-state index in [0.717, 1.165) is 23.5 Å². The zero-order valence-electron chi connectivity index (χ0n) is 11.6. The smallest absolute Gasteiger partial charge is 0.255 e. The number of thioether (sulfide) groups is 1. The van der Waals surface area contributed by atoms with Gasteiger partial charge in [-0.1, -0.05) is 12.1 Å². The largest absolute Gasteiger partial charge is 0.333 e. The molecule has 1 saturated heterocycles. The summed E-state index contributed by atoms with van der Waals surface area (Å²) in [6.07, 6.45) is 2.01. The second kappa shape index (κ2) is 7.17. The van der Waals surface area contributed by atoms with E-state index in [2.05, 4.69) is 19.2 Å². The summed E-state index contributed by atoms with van der Waals surface area (Å²) in [4.78, 5) is 15.7. The summed E-state index contributed by atoms with van der Waals surface area (Å²) in [5, 5.41) is 3.40. The molecule has 1 fully saturated rings. The molecule has 1 aromatic carbocycles. The van der Waals surface area contributed by atoms with Gasteiger partial charge in [0.15, 0.2) is 0 Å². The van der Waals surface area contributed by atoms with Crippen molar-refractivity contribution in [3.05, 3.63) is 29.8 Å². The minimum atomic E-state index is 0. The number of halogens is 1. The summed E-state index contributed by atoms with van der Waals surface area (Å²) >= 11 is 1.63. The van der Waals surface area contributed by atoms with Crippen molar-refractivity contribution in [1.82, 2.24) is 10.2 Å². The third kappa shape index (κ3) is 3.44. The van der Waals surface area contributed by atoms with Gasteiger partial charge in [0.2, 0.25) is 0 Å². The molecule has 5 heteroatoms. The number of rotatable bonds is 2. The lowest BCUT2D eigenvalue weighted by Crippen LogP contribution is -2.57. The SMILES string of the molecule is CSc1ccccc1C(=O)N1CCNC(C)C1C.Cl. The van der Waals surface area contributed by atoms with E-state index in [0.29, 0.717) is 6.04 Å². The first-order valence-corrected chi connectivity index (χ1v) is 7.55. The Hall–Kier alpha value is -0.710. The summed E-state index contributed by atoms with van der Waals surface area (Å²) in [5.74, 6) is 0.154. The number of hydrogen-bond acceptors (Lipinski definition) is 3. The zero-order chi connectivity index (χ0) is 13.1.